The highest BCUT2D eigenvalue weighted by atomic mass is 79.9. The van der Waals surface area contributed by atoms with E-state index in [2.05, 4.69) is 41.2 Å². The second kappa shape index (κ2) is 8.64. The van der Waals surface area contributed by atoms with Gasteiger partial charge in [0.05, 0.1) is 23.1 Å². The fourth-order valence-electron chi connectivity index (χ4n) is 2.93. The first kappa shape index (κ1) is 20.7. The summed E-state index contributed by atoms with van der Waals surface area (Å²) in [5.41, 5.74) is 1.67. The molecule has 0 bridgehead atoms. The molecule has 10 nitrogen and oxygen atoms in total. The predicted octanol–water partition coefficient (Wildman–Crippen LogP) is 2.87. The summed E-state index contributed by atoms with van der Waals surface area (Å²) in [5, 5.41) is 3.90. The molecule has 1 fully saturated rings. The van der Waals surface area contributed by atoms with Gasteiger partial charge in [0.15, 0.2) is 5.69 Å². The number of aromatic amines is 1. The van der Waals surface area contributed by atoms with Crippen molar-refractivity contribution in [3.05, 3.63) is 22.1 Å². The Morgan fingerprint density at radius 1 is 1.40 bits per heavy atom. The van der Waals surface area contributed by atoms with Gasteiger partial charge in [0.25, 0.3) is 11.1 Å². The van der Waals surface area contributed by atoms with Crippen LogP contribution < -0.4 is 10.1 Å². The topological polar surface area (TPSA) is 132 Å². The van der Waals surface area contributed by atoms with Gasteiger partial charge < -0.3 is 24.2 Å². The first-order valence-corrected chi connectivity index (χ1v) is 10.9. The number of cyclic esters (lactones) is 1. The molecule has 0 aliphatic carbocycles. The fraction of sp³-hybridized carbons (Fsp3) is 0.389. The number of hydrogen-bond acceptors (Lipinski definition) is 9. The second-order valence-corrected chi connectivity index (χ2v) is 8.03. The van der Waals surface area contributed by atoms with E-state index in [1.165, 1.54) is 6.26 Å². The second-order valence-electron chi connectivity index (χ2n) is 6.32. The lowest BCUT2D eigenvalue weighted by Gasteiger charge is -2.06. The van der Waals surface area contributed by atoms with Crippen LogP contribution in [0.1, 0.15) is 36.5 Å². The van der Waals surface area contributed by atoms with Gasteiger partial charge in [-0.05, 0) is 29.3 Å². The lowest BCUT2D eigenvalue weighted by Crippen LogP contribution is -2.38. The molecule has 0 unspecified atom stereocenters. The van der Waals surface area contributed by atoms with Crippen molar-refractivity contribution < 1.29 is 23.5 Å². The quantitative estimate of drug-likeness (QED) is 0.374. The predicted molar refractivity (Wildman–Crippen MR) is 110 cm³/mol. The Labute approximate surface area is 183 Å². The summed E-state index contributed by atoms with van der Waals surface area (Å²) in [5.74, 6) is -0.519. The molecular formula is C18H18BrN5O5S. The highest BCUT2D eigenvalue weighted by molar-refractivity contribution is 9.10. The molecule has 0 radical (unpaired) electrons. The Balaban J connectivity index is 1.55. The number of amides is 1. The van der Waals surface area contributed by atoms with Crippen LogP contribution in [0.2, 0.25) is 0 Å². The summed E-state index contributed by atoms with van der Waals surface area (Å²) in [4.78, 5) is 40.2. The van der Waals surface area contributed by atoms with E-state index in [1.807, 2.05) is 13.8 Å². The molecule has 3 aromatic heterocycles. The molecule has 1 aliphatic heterocycles. The van der Waals surface area contributed by atoms with E-state index in [1.54, 1.807) is 0 Å². The van der Waals surface area contributed by atoms with Gasteiger partial charge >= 0.3 is 5.97 Å². The van der Waals surface area contributed by atoms with Crippen LogP contribution in [0.25, 0.3) is 11.0 Å². The van der Waals surface area contributed by atoms with Gasteiger partial charge in [0.2, 0.25) is 11.0 Å². The van der Waals surface area contributed by atoms with E-state index in [0.717, 1.165) is 33.7 Å². The highest BCUT2D eigenvalue weighted by Crippen LogP contribution is 2.36. The number of rotatable bonds is 7. The number of aryl methyl sites for hydroxylation is 1. The molecule has 3 aromatic rings. The van der Waals surface area contributed by atoms with Crippen molar-refractivity contribution >= 4 is 50.6 Å². The molecule has 1 amide bonds. The lowest BCUT2D eigenvalue weighted by atomic mass is 10.2. The van der Waals surface area contributed by atoms with Crippen LogP contribution in [0, 0.1) is 0 Å². The number of nitrogens with one attached hydrogen (secondary N) is 2. The molecule has 2 N–H and O–H groups in total. The van der Waals surface area contributed by atoms with Gasteiger partial charge in [-0.25, -0.2) is 9.78 Å². The van der Waals surface area contributed by atoms with Crippen molar-refractivity contribution in [1.29, 1.82) is 0 Å². The number of ether oxygens (including phenoxy) is 2. The minimum absolute atomic E-state index is 0.0548. The molecule has 0 spiro atoms. The largest absolute Gasteiger partial charge is 0.477 e. The standard InChI is InChI=1S/C18H18BrN5O5S/c1-3-8-12(19)11-13(20-8)23-17(24-15(11)27-4-2)30-18-22-10(7-29-18)14(25)21-9-5-6-28-16(9)26/h7,9H,3-6H2,1-2H3,(H,21,25)(H,20,23,24)/t9-/m0/s1. The smallest absolute Gasteiger partial charge is 0.328 e. The number of carbonyl (C=O) groups excluding carboxylic acids is 2. The zero-order valence-corrected chi connectivity index (χ0v) is 18.6. The molecule has 4 heterocycles. The number of hydrogen-bond donors (Lipinski definition) is 2. The summed E-state index contributed by atoms with van der Waals surface area (Å²) in [7, 11) is 0. The van der Waals surface area contributed by atoms with Crippen molar-refractivity contribution in [3.63, 3.8) is 0 Å². The fourth-order valence-corrected chi connectivity index (χ4v) is 4.33. The Hall–Kier alpha value is -2.60. The molecule has 30 heavy (non-hydrogen) atoms. The highest BCUT2D eigenvalue weighted by Gasteiger charge is 2.29. The van der Waals surface area contributed by atoms with E-state index in [-0.39, 0.29) is 10.9 Å². The zero-order chi connectivity index (χ0) is 21.3. The molecule has 0 saturated carbocycles. The first-order valence-electron chi connectivity index (χ1n) is 9.31. The third-order valence-corrected chi connectivity index (χ3v) is 5.98. The minimum atomic E-state index is -0.663. The van der Waals surface area contributed by atoms with Crippen molar-refractivity contribution in [2.75, 3.05) is 13.2 Å². The van der Waals surface area contributed by atoms with Crippen LogP contribution in [0.4, 0.5) is 0 Å². The van der Waals surface area contributed by atoms with Gasteiger partial charge in [-0.3, -0.25) is 4.79 Å². The Kier molecular flexibility index (Phi) is 5.95. The molecule has 1 atom stereocenters. The summed E-state index contributed by atoms with van der Waals surface area (Å²) >= 11 is 4.64. The third kappa shape index (κ3) is 4.01. The molecule has 158 valence electrons. The molecule has 4 rings (SSSR count). The zero-order valence-electron chi connectivity index (χ0n) is 16.2. The van der Waals surface area contributed by atoms with Gasteiger partial charge in [-0.15, -0.1) is 0 Å². The Morgan fingerprint density at radius 3 is 2.93 bits per heavy atom. The number of carbonyl (C=O) groups is 2. The number of H-pyrrole nitrogens is 1. The number of halogens is 1. The van der Waals surface area contributed by atoms with Crippen molar-refractivity contribution in [1.82, 2.24) is 25.3 Å². The third-order valence-electron chi connectivity index (χ3n) is 4.38. The summed E-state index contributed by atoms with van der Waals surface area (Å²) in [6, 6.07) is -0.663. The van der Waals surface area contributed by atoms with E-state index in [0.29, 0.717) is 36.3 Å². The molecular weight excluding hydrogens is 478 g/mol. The van der Waals surface area contributed by atoms with E-state index in [9.17, 15) is 9.59 Å². The maximum Gasteiger partial charge on any atom is 0.328 e. The van der Waals surface area contributed by atoms with Gasteiger partial charge in [-0.1, -0.05) is 6.92 Å². The Bertz CT molecular complexity index is 1110. The average Bonchev–Trinajstić information content (AvgIpc) is 3.42. The average molecular weight is 496 g/mol. The van der Waals surface area contributed by atoms with E-state index >= 15 is 0 Å². The lowest BCUT2D eigenvalue weighted by molar-refractivity contribution is -0.139. The van der Waals surface area contributed by atoms with Gasteiger partial charge in [-0.2, -0.15) is 9.97 Å². The number of nitrogens with zero attached hydrogens (tertiary/aromatic N) is 3. The van der Waals surface area contributed by atoms with Crippen LogP contribution >= 0.6 is 27.7 Å². The number of oxazole rings is 1. The molecule has 1 saturated heterocycles. The molecule has 12 heteroatoms. The summed E-state index contributed by atoms with van der Waals surface area (Å²) < 4.78 is 16.8. The van der Waals surface area contributed by atoms with E-state index < -0.39 is 17.9 Å². The van der Waals surface area contributed by atoms with Crippen LogP contribution in [0.3, 0.4) is 0 Å². The monoisotopic (exact) mass is 495 g/mol. The summed E-state index contributed by atoms with van der Waals surface area (Å²) in [6.07, 6.45) is 2.45. The van der Waals surface area contributed by atoms with Crippen LogP contribution in [-0.2, 0) is 16.0 Å². The molecule has 0 aromatic carbocycles. The number of aromatic nitrogens is 4. The van der Waals surface area contributed by atoms with Crippen molar-refractivity contribution in [2.45, 2.75) is 43.1 Å². The van der Waals surface area contributed by atoms with Gasteiger partial charge in [0, 0.05) is 23.9 Å². The van der Waals surface area contributed by atoms with E-state index in [4.69, 9.17) is 13.9 Å². The maximum atomic E-state index is 12.3. The van der Waals surface area contributed by atoms with Crippen LogP contribution in [0.15, 0.2) is 25.5 Å². The maximum absolute atomic E-state index is 12.3. The normalized spacial score (nSPS) is 16.1. The van der Waals surface area contributed by atoms with Crippen molar-refractivity contribution in [2.24, 2.45) is 0 Å². The number of fused-ring (bicyclic) bond motifs is 1. The van der Waals surface area contributed by atoms with Gasteiger partial charge in [0.1, 0.15) is 18.0 Å². The SMILES string of the molecule is CCOc1nc(Sc2nc(C(=O)N[C@H]3CCOC3=O)co2)nc2[nH]c(CC)c(Br)c12. The Morgan fingerprint density at radius 2 is 2.23 bits per heavy atom. The first-order chi connectivity index (χ1) is 14.5. The summed E-state index contributed by atoms with van der Waals surface area (Å²) in [6.45, 7) is 4.65. The molecule has 1 aliphatic rings. The van der Waals surface area contributed by atoms with Crippen LogP contribution in [0.5, 0.6) is 5.88 Å². The van der Waals surface area contributed by atoms with Crippen LogP contribution in [-0.4, -0.2) is 51.1 Å². The van der Waals surface area contributed by atoms with Crippen molar-refractivity contribution in [3.8, 4) is 5.88 Å². The minimum Gasteiger partial charge on any atom is -0.477 e. The number of esters is 1.